The Morgan fingerprint density at radius 2 is 2.28 bits per heavy atom. The van der Waals surface area contributed by atoms with Gasteiger partial charge in [-0.25, -0.2) is 4.98 Å². The lowest BCUT2D eigenvalue weighted by Crippen LogP contribution is -2.17. The van der Waals surface area contributed by atoms with Crippen LogP contribution < -0.4 is 5.32 Å². The lowest BCUT2D eigenvalue weighted by molar-refractivity contribution is 0.101. The van der Waals surface area contributed by atoms with Gasteiger partial charge in [-0.1, -0.05) is 6.07 Å². The molecule has 0 spiro atoms. The number of hydrogen-bond donors (Lipinski definition) is 1. The van der Waals surface area contributed by atoms with Gasteiger partial charge >= 0.3 is 0 Å². The van der Waals surface area contributed by atoms with Crippen molar-refractivity contribution >= 4 is 17.3 Å². The summed E-state index contributed by atoms with van der Waals surface area (Å²) in [4.78, 5) is 21.0. The fourth-order valence-electron chi connectivity index (χ4n) is 2.82. The number of amides is 1. The van der Waals surface area contributed by atoms with Gasteiger partial charge in [0, 0.05) is 23.9 Å². The summed E-state index contributed by atoms with van der Waals surface area (Å²) in [7, 11) is 1.63. The number of carbonyl (C=O) groups is 1. The van der Waals surface area contributed by atoms with Crippen LogP contribution in [0.4, 0.5) is 5.69 Å². The van der Waals surface area contributed by atoms with Crippen LogP contribution in [0.1, 0.15) is 33.0 Å². The smallest absolute Gasteiger partial charge is 0.291 e. The zero-order valence-electron chi connectivity index (χ0n) is 13.4. The van der Waals surface area contributed by atoms with Crippen LogP contribution in [-0.2, 0) is 13.6 Å². The lowest BCUT2D eigenvalue weighted by atomic mass is 10.0. The molecule has 0 radical (unpaired) electrons. The van der Waals surface area contributed by atoms with Gasteiger partial charge in [-0.15, -0.1) is 0 Å². The van der Waals surface area contributed by atoms with Gasteiger partial charge in [0.2, 0.25) is 0 Å². The second-order valence-corrected chi connectivity index (χ2v) is 5.64. The first-order valence-corrected chi connectivity index (χ1v) is 7.61. The van der Waals surface area contributed by atoms with E-state index in [1.807, 2.05) is 30.3 Å². The van der Waals surface area contributed by atoms with Gasteiger partial charge in [-0.2, -0.15) is 5.26 Å². The third kappa shape index (κ3) is 2.50. The molecule has 0 unspecified atom stereocenters. The van der Waals surface area contributed by atoms with Gasteiger partial charge in [0.25, 0.3) is 5.91 Å². The third-order valence-electron chi connectivity index (χ3n) is 4.13. The number of rotatable bonds is 3. The van der Waals surface area contributed by atoms with Crippen LogP contribution in [0, 0.1) is 11.3 Å². The van der Waals surface area contributed by atoms with Gasteiger partial charge in [0.15, 0.2) is 5.82 Å². The average molecular weight is 331 g/mol. The summed E-state index contributed by atoms with van der Waals surface area (Å²) in [5.74, 6) is -0.190. The SMILES string of the molecule is Cn1c(C#N)cnc1C(=O)Nc1ccc2c(c1)C(c1ccoc1)=NC2. The largest absolute Gasteiger partial charge is 0.472 e. The first kappa shape index (κ1) is 14.9. The van der Waals surface area contributed by atoms with Gasteiger partial charge in [-0.05, 0) is 23.8 Å². The molecule has 0 aliphatic carbocycles. The maximum absolute atomic E-state index is 12.4. The van der Waals surface area contributed by atoms with Gasteiger partial charge in [-0.3, -0.25) is 9.79 Å². The van der Waals surface area contributed by atoms with Crippen molar-refractivity contribution in [3.05, 3.63) is 71.2 Å². The molecule has 1 aromatic carbocycles. The molecule has 0 atom stereocenters. The van der Waals surface area contributed by atoms with E-state index in [1.54, 1.807) is 19.6 Å². The minimum absolute atomic E-state index is 0.181. The van der Waals surface area contributed by atoms with E-state index in [0.717, 1.165) is 22.4 Å². The van der Waals surface area contributed by atoms with Crippen LogP contribution >= 0.6 is 0 Å². The Morgan fingerprint density at radius 1 is 1.40 bits per heavy atom. The van der Waals surface area contributed by atoms with Crippen molar-refractivity contribution in [1.29, 1.82) is 5.26 Å². The molecule has 3 heterocycles. The van der Waals surface area contributed by atoms with Gasteiger partial charge in [0.1, 0.15) is 11.8 Å². The molecule has 0 saturated heterocycles. The predicted molar refractivity (Wildman–Crippen MR) is 90.4 cm³/mol. The summed E-state index contributed by atoms with van der Waals surface area (Å²) in [6.07, 6.45) is 4.63. The Hall–Kier alpha value is -3.66. The number of nitriles is 1. The standard InChI is InChI=1S/C18H13N5O2/c1-23-14(7-19)9-21-17(23)18(24)22-13-3-2-11-8-20-16(15(11)6-13)12-4-5-25-10-12/h2-6,9-10H,8H2,1H3,(H,22,24). The Morgan fingerprint density at radius 3 is 3.00 bits per heavy atom. The number of aromatic nitrogens is 2. The Balaban J connectivity index is 1.62. The van der Waals surface area contributed by atoms with Crippen molar-refractivity contribution in [3.63, 3.8) is 0 Å². The fraction of sp³-hybridized carbons (Fsp3) is 0.111. The highest BCUT2D eigenvalue weighted by molar-refractivity contribution is 6.15. The molecule has 1 aliphatic rings. The van der Waals surface area contributed by atoms with E-state index < -0.39 is 0 Å². The van der Waals surface area contributed by atoms with Crippen molar-refractivity contribution in [2.75, 3.05) is 5.32 Å². The van der Waals surface area contributed by atoms with E-state index in [9.17, 15) is 4.79 Å². The number of anilines is 1. The van der Waals surface area contributed by atoms with Crippen LogP contribution in [0.2, 0.25) is 0 Å². The maximum Gasteiger partial charge on any atom is 0.291 e. The summed E-state index contributed by atoms with van der Waals surface area (Å²) in [5.41, 5.74) is 4.79. The molecule has 0 bridgehead atoms. The van der Waals surface area contributed by atoms with E-state index in [0.29, 0.717) is 17.9 Å². The normalized spacial score (nSPS) is 12.4. The number of hydrogen-bond acceptors (Lipinski definition) is 5. The molecule has 1 amide bonds. The number of carbonyl (C=O) groups excluding carboxylic acids is 1. The highest BCUT2D eigenvalue weighted by Crippen LogP contribution is 2.26. The van der Waals surface area contributed by atoms with Crippen LogP contribution in [-0.4, -0.2) is 21.2 Å². The zero-order valence-corrected chi connectivity index (χ0v) is 13.4. The monoisotopic (exact) mass is 331 g/mol. The van der Waals surface area contributed by atoms with Crippen molar-refractivity contribution < 1.29 is 9.21 Å². The number of benzene rings is 1. The topological polar surface area (TPSA) is 96.2 Å². The zero-order chi connectivity index (χ0) is 17.4. The van der Waals surface area contributed by atoms with Crippen LogP contribution in [0.5, 0.6) is 0 Å². The highest BCUT2D eigenvalue weighted by atomic mass is 16.3. The molecular formula is C18H13N5O2. The molecule has 1 N–H and O–H groups in total. The minimum Gasteiger partial charge on any atom is -0.472 e. The lowest BCUT2D eigenvalue weighted by Gasteiger charge is -2.08. The minimum atomic E-state index is -0.372. The van der Waals surface area contributed by atoms with Crippen LogP contribution in [0.15, 0.2) is 52.4 Å². The molecule has 7 heteroatoms. The maximum atomic E-state index is 12.4. The van der Waals surface area contributed by atoms with Crippen LogP contribution in [0.25, 0.3) is 0 Å². The molecular weight excluding hydrogens is 318 g/mol. The highest BCUT2D eigenvalue weighted by Gasteiger charge is 2.20. The molecule has 0 fully saturated rings. The van der Waals surface area contributed by atoms with Crippen LogP contribution in [0.3, 0.4) is 0 Å². The molecule has 4 rings (SSSR count). The summed E-state index contributed by atoms with van der Waals surface area (Å²) in [6, 6.07) is 9.51. The van der Waals surface area contributed by atoms with E-state index in [2.05, 4.69) is 15.3 Å². The summed E-state index contributed by atoms with van der Waals surface area (Å²) < 4.78 is 6.59. The predicted octanol–water partition coefficient (Wildman–Crippen LogP) is 2.49. The third-order valence-corrected chi connectivity index (χ3v) is 4.13. The molecule has 122 valence electrons. The number of nitrogens with zero attached hydrogens (tertiary/aromatic N) is 4. The van der Waals surface area contributed by atoms with Crippen molar-refractivity contribution in [2.24, 2.45) is 12.0 Å². The molecule has 2 aromatic heterocycles. The fourth-order valence-corrected chi connectivity index (χ4v) is 2.82. The van der Waals surface area contributed by atoms with Crippen molar-refractivity contribution in [1.82, 2.24) is 9.55 Å². The van der Waals surface area contributed by atoms with Gasteiger partial charge in [0.05, 0.1) is 31.0 Å². The first-order chi connectivity index (χ1) is 12.2. The number of imidazole rings is 1. The van der Waals surface area contributed by atoms with E-state index in [4.69, 9.17) is 9.68 Å². The second-order valence-electron chi connectivity index (χ2n) is 5.64. The van der Waals surface area contributed by atoms with Crippen molar-refractivity contribution in [2.45, 2.75) is 6.54 Å². The molecule has 7 nitrogen and oxygen atoms in total. The van der Waals surface area contributed by atoms with E-state index in [-0.39, 0.29) is 11.7 Å². The molecule has 3 aromatic rings. The Kier molecular flexibility index (Phi) is 3.43. The molecule has 1 aliphatic heterocycles. The number of nitrogens with one attached hydrogen (secondary N) is 1. The Bertz CT molecular complexity index is 1040. The number of furan rings is 1. The number of aliphatic imine (C=N–C) groups is 1. The molecule has 25 heavy (non-hydrogen) atoms. The number of fused-ring (bicyclic) bond motifs is 1. The summed E-state index contributed by atoms with van der Waals surface area (Å²) >= 11 is 0. The Labute approximate surface area is 143 Å². The summed E-state index contributed by atoms with van der Waals surface area (Å²) in [5, 5.41) is 11.8. The van der Waals surface area contributed by atoms with E-state index >= 15 is 0 Å². The summed E-state index contributed by atoms with van der Waals surface area (Å²) in [6.45, 7) is 0.606. The first-order valence-electron chi connectivity index (χ1n) is 7.61. The van der Waals surface area contributed by atoms with E-state index in [1.165, 1.54) is 10.8 Å². The second kappa shape index (κ2) is 5.76. The van der Waals surface area contributed by atoms with Gasteiger partial charge < -0.3 is 14.3 Å². The van der Waals surface area contributed by atoms with Crippen molar-refractivity contribution in [3.8, 4) is 6.07 Å². The quantitative estimate of drug-likeness (QED) is 0.797. The molecule has 0 saturated carbocycles. The average Bonchev–Trinajstić information content (AvgIpc) is 3.33.